The molecular formula is C9H8IN5O. The van der Waals surface area contributed by atoms with Gasteiger partial charge in [0.2, 0.25) is 0 Å². The van der Waals surface area contributed by atoms with Gasteiger partial charge in [0.15, 0.2) is 11.7 Å². The second kappa shape index (κ2) is 4.47. The Hall–Kier alpha value is -1.64. The van der Waals surface area contributed by atoms with Gasteiger partial charge in [-0.1, -0.05) is 5.16 Å². The van der Waals surface area contributed by atoms with Crippen LogP contribution in [0.4, 0.5) is 0 Å². The fourth-order valence-electron chi connectivity index (χ4n) is 1.31. The van der Waals surface area contributed by atoms with Crippen LogP contribution in [-0.2, 0) is 0 Å². The van der Waals surface area contributed by atoms with Crippen LogP contribution in [0.1, 0.15) is 5.69 Å². The summed E-state index contributed by atoms with van der Waals surface area (Å²) in [5.41, 5.74) is 6.14. The van der Waals surface area contributed by atoms with Crippen molar-refractivity contribution in [3.63, 3.8) is 0 Å². The highest BCUT2D eigenvalue weighted by Gasteiger charge is 2.10. The Morgan fingerprint density at radius 3 is 3.06 bits per heavy atom. The first-order valence-corrected chi connectivity index (χ1v) is 5.43. The van der Waals surface area contributed by atoms with Crippen LogP contribution in [0.25, 0.3) is 5.82 Å². The molecule has 0 atom stereocenters. The predicted octanol–water partition coefficient (Wildman–Crippen LogP) is 0.966. The fraction of sp³-hybridized carbons (Fsp3) is 0. The van der Waals surface area contributed by atoms with Gasteiger partial charge in [-0.25, -0.2) is 9.97 Å². The molecule has 6 nitrogen and oxygen atoms in total. The molecule has 0 fully saturated rings. The predicted molar refractivity (Wildman–Crippen MR) is 66.6 cm³/mol. The standard InChI is InChI=1S/C9H8IN5O/c10-6-4-12-5-13-9(6)15-3-1-2-7(15)8(11)14-16/h1-5,16H,(H2,11,14). The van der Waals surface area contributed by atoms with Crippen molar-refractivity contribution in [3.8, 4) is 5.82 Å². The Bertz CT molecular complexity index is 536. The van der Waals surface area contributed by atoms with E-state index in [4.69, 9.17) is 10.9 Å². The molecular weight excluding hydrogens is 321 g/mol. The first kappa shape index (κ1) is 10.9. The molecule has 2 rings (SSSR count). The third kappa shape index (κ3) is 1.85. The quantitative estimate of drug-likeness (QED) is 0.282. The lowest BCUT2D eigenvalue weighted by molar-refractivity contribution is 0.318. The summed E-state index contributed by atoms with van der Waals surface area (Å²) in [5.74, 6) is 0.738. The lowest BCUT2D eigenvalue weighted by Crippen LogP contribution is -2.18. The molecule has 0 spiro atoms. The molecule has 0 aliphatic rings. The zero-order valence-corrected chi connectivity index (χ0v) is 10.2. The summed E-state index contributed by atoms with van der Waals surface area (Å²) in [6.07, 6.45) is 4.93. The molecule has 0 radical (unpaired) electrons. The summed E-state index contributed by atoms with van der Waals surface area (Å²) in [6.45, 7) is 0. The van der Waals surface area contributed by atoms with Gasteiger partial charge in [-0.05, 0) is 34.7 Å². The van der Waals surface area contributed by atoms with Crippen molar-refractivity contribution in [1.29, 1.82) is 0 Å². The van der Waals surface area contributed by atoms with Crippen LogP contribution in [0.3, 0.4) is 0 Å². The Labute approximate surface area is 105 Å². The number of halogens is 1. The molecule has 0 aliphatic heterocycles. The molecule has 2 aromatic heterocycles. The van der Waals surface area contributed by atoms with Crippen molar-refractivity contribution in [2.75, 3.05) is 0 Å². The molecule has 0 bridgehead atoms. The molecule has 2 heterocycles. The lowest BCUT2D eigenvalue weighted by Gasteiger charge is -2.07. The molecule has 7 heteroatoms. The highest BCUT2D eigenvalue weighted by atomic mass is 127. The SMILES string of the molecule is N/C(=N/O)c1cccn1-c1ncncc1I. The summed E-state index contributed by atoms with van der Waals surface area (Å²) in [4.78, 5) is 8.06. The van der Waals surface area contributed by atoms with E-state index < -0.39 is 0 Å². The monoisotopic (exact) mass is 329 g/mol. The molecule has 82 valence electrons. The minimum atomic E-state index is 0.0411. The maximum atomic E-state index is 8.66. The Kier molecular flexibility index (Phi) is 3.04. The summed E-state index contributed by atoms with van der Waals surface area (Å²) in [7, 11) is 0. The summed E-state index contributed by atoms with van der Waals surface area (Å²) >= 11 is 2.12. The summed E-state index contributed by atoms with van der Waals surface area (Å²) in [5, 5.41) is 11.6. The zero-order valence-electron chi connectivity index (χ0n) is 8.08. The van der Waals surface area contributed by atoms with E-state index in [1.165, 1.54) is 6.33 Å². The van der Waals surface area contributed by atoms with Crippen LogP contribution in [0.5, 0.6) is 0 Å². The van der Waals surface area contributed by atoms with Crippen molar-refractivity contribution in [3.05, 3.63) is 40.1 Å². The van der Waals surface area contributed by atoms with Gasteiger partial charge in [0.1, 0.15) is 6.33 Å². The smallest absolute Gasteiger partial charge is 0.187 e. The van der Waals surface area contributed by atoms with Crippen LogP contribution < -0.4 is 5.73 Å². The zero-order chi connectivity index (χ0) is 11.5. The number of oxime groups is 1. The van der Waals surface area contributed by atoms with Gasteiger partial charge in [-0.15, -0.1) is 0 Å². The van der Waals surface area contributed by atoms with Crippen LogP contribution in [-0.4, -0.2) is 25.6 Å². The van der Waals surface area contributed by atoms with Gasteiger partial charge in [0.05, 0.1) is 9.26 Å². The molecule has 16 heavy (non-hydrogen) atoms. The largest absolute Gasteiger partial charge is 0.409 e. The molecule has 0 saturated heterocycles. The number of aromatic nitrogens is 3. The van der Waals surface area contributed by atoms with E-state index >= 15 is 0 Å². The second-order valence-corrected chi connectivity index (χ2v) is 4.11. The Balaban J connectivity index is 2.58. The topological polar surface area (TPSA) is 89.3 Å². The van der Waals surface area contributed by atoms with Gasteiger partial charge in [0, 0.05) is 12.4 Å². The molecule has 0 unspecified atom stereocenters. The lowest BCUT2D eigenvalue weighted by atomic mass is 10.4. The van der Waals surface area contributed by atoms with Gasteiger partial charge >= 0.3 is 0 Å². The normalized spacial score (nSPS) is 11.7. The van der Waals surface area contributed by atoms with Gasteiger partial charge in [-0.3, -0.25) is 4.57 Å². The van der Waals surface area contributed by atoms with E-state index in [2.05, 4.69) is 37.7 Å². The van der Waals surface area contributed by atoms with E-state index in [1.807, 2.05) is 0 Å². The minimum absolute atomic E-state index is 0.0411. The fourth-order valence-corrected chi connectivity index (χ4v) is 1.87. The number of rotatable bonds is 2. The molecule has 3 N–H and O–H groups in total. The first-order chi connectivity index (χ1) is 7.74. The van der Waals surface area contributed by atoms with Crippen molar-refractivity contribution < 1.29 is 5.21 Å². The van der Waals surface area contributed by atoms with Crippen LogP contribution in [0, 0.1) is 3.57 Å². The van der Waals surface area contributed by atoms with Crippen molar-refractivity contribution in [1.82, 2.24) is 14.5 Å². The Morgan fingerprint density at radius 1 is 1.56 bits per heavy atom. The Morgan fingerprint density at radius 2 is 2.38 bits per heavy atom. The van der Waals surface area contributed by atoms with E-state index in [1.54, 1.807) is 29.1 Å². The maximum Gasteiger partial charge on any atom is 0.187 e. The molecule has 0 aliphatic carbocycles. The van der Waals surface area contributed by atoms with Crippen LogP contribution in [0.2, 0.25) is 0 Å². The summed E-state index contributed by atoms with van der Waals surface area (Å²) in [6, 6.07) is 3.54. The molecule has 2 aromatic rings. The van der Waals surface area contributed by atoms with Crippen molar-refractivity contribution in [2.24, 2.45) is 10.9 Å². The van der Waals surface area contributed by atoms with E-state index in [0.29, 0.717) is 11.5 Å². The third-order valence-electron chi connectivity index (χ3n) is 2.00. The highest BCUT2D eigenvalue weighted by Crippen LogP contribution is 2.15. The van der Waals surface area contributed by atoms with Gasteiger partial charge < -0.3 is 10.9 Å². The third-order valence-corrected chi connectivity index (χ3v) is 2.76. The average Bonchev–Trinajstić information content (AvgIpc) is 2.77. The number of nitrogens with two attached hydrogens (primary N) is 1. The van der Waals surface area contributed by atoms with E-state index in [9.17, 15) is 0 Å². The first-order valence-electron chi connectivity index (χ1n) is 4.35. The van der Waals surface area contributed by atoms with Crippen LogP contribution >= 0.6 is 22.6 Å². The van der Waals surface area contributed by atoms with E-state index in [-0.39, 0.29) is 5.84 Å². The van der Waals surface area contributed by atoms with E-state index in [0.717, 1.165) is 3.57 Å². The minimum Gasteiger partial charge on any atom is -0.409 e. The average molecular weight is 329 g/mol. The highest BCUT2D eigenvalue weighted by molar-refractivity contribution is 14.1. The van der Waals surface area contributed by atoms with Crippen LogP contribution in [0.15, 0.2) is 36.0 Å². The number of amidine groups is 1. The van der Waals surface area contributed by atoms with Crippen molar-refractivity contribution >= 4 is 28.4 Å². The molecule has 0 amide bonds. The molecule has 0 aromatic carbocycles. The van der Waals surface area contributed by atoms with Gasteiger partial charge in [-0.2, -0.15) is 0 Å². The second-order valence-electron chi connectivity index (χ2n) is 2.94. The number of hydrogen-bond donors (Lipinski definition) is 2. The number of hydrogen-bond acceptors (Lipinski definition) is 4. The van der Waals surface area contributed by atoms with Gasteiger partial charge in [0.25, 0.3) is 0 Å². The maximum absolute atomic E-state index is 8.66. The molecule has 0 saturated carbocycles. The van der Waals surface area contributed by atoms with Crippen molar-refractivity contribution in [2.45, 2.75) is 0 Å². The summed E-state index contributed by atoms with van der Waals surface area (Å²) < 4.78 is 2.61. The number of nitrogens with zero attached hydrogens (tertiary/aromatic N) is 4.